The molecule has 24 heavy (non-hydrogen) atoms. The average molecular weight is 308 g/mol. The van der Waals surface area contributed by atoms with Gasteiger partial charge < -0.3 is 5.11 Å². The summed E-state index contributed by atoms with van der Waals surface area (Å²) in [5.74, 6) is 0.333. The largest absolute Gasteiger partial charge is 0.508 e. The van der Waals surface area contributed by atoms with Gasteiger partial charge in [0, 0.05) is 0 Å². The zero-order chi connectivity index (χ0) is 16.1. The minimum Gasteiger partial charge on any atom is -0.508 e. The van der Waals surface area contributed by atoms with Gasteiger partial charge in [-0.1, -0.05) is 66.7 Å². The van der Waals surface area contributed by atoms with E-state index in [1.54, 1.807) is 6.07 Å². The molecule has 4 aromatic rings. The number of rotatable bonds is 1. The zero-order valence-corrected chi connectivity index (χ0v) is 13.2. The zero-order valence-electron chi connectivity index (χ0n) is 13.2. The first-order valence-electron chi connectivity index (χ1n) is 8.23. The Morgan fingerprint density at radius 2 is 1.50 bits per heavy atom. The third-order valence-electron chi connectivity index (χ3n) is 4.97. The number of benzene rings is 4. The number of fused-ring (bicyclic) bond motifs is 4. The summed E-state index contributed by atoms with van der Waals surface area (Å²) in [4.78, 5) is 0. The van der Waals surface area contributed by atoms with Crippen molar-refractivity contribution in [3.63, 3.8) is 0 Å². The summed E-state index contributed by atoms with van der Waals surface area (Å²) in [6.07, 6.45) is 0.934. The highest BCUT2D eigenvalue weighted by Crippen LogP contribution is 2.40. The molecular weight excluding hydrogens is 292 g/mol. The van der Waals surface area contributed by atoms with Crippen LogP contribution < -0.4 is 0 Å². The number of aromatic hydroxyl groups is 1. The van der Waals surface area contributed by atoms with Crippen molar-refractivity contribution in [2.24, 2.45) is 0 Å². The molecule has 0 fully saturated rings. The van der Waals surface area contributed by atoms with Crippen LogP contribution in [-0.2, 0) is 6.42 Å². The van der Waals surface area contributed by atoms with Crippen molar-refractivity contribution in [1.29, 1.82) is 0 Å². The van der Waals surface area contributed by atoms with Crippen LogP contribution in [0.3, 0.4) is 0 Å². The quantitative estimate of drug-likeness (QED) is 0.416. The van der Waals surface area contributed by atoms with Gasteiger partial charge in [0.1, 0.15) is 5.75 Å². The molecule has 0 saturated heterocycles. The van der Waals surface area contributed by atoms with E-state index < -0.39 is 0 Å². The maximum Gasteiger partial charge on any atom is 0.116 e. The van der Waals surface area contributed by atoms with E-state index >= 15 is 0 Å². The van der Waals surface area contributed by atoms with Crippen molar-refractivity contribution in [2.75, 3.05) is 0 Å². The van der Waals surface area contributed by atoms with Crippen molar-refractivity contribution < 1.29 is 5.11 Å². The first-order valence-corrected chi connectivity index (χ1v) is 8.23. The molecule has 0 unspecified atom stereocenters. The molecule has 0 amide bonds. The van der Waals surface area contributed by atoms with Crippen molar-refractivity contribution in [3.05, 3.63) is 90.0 Å². The van der Waals surface area contributed by atoms with Gasteiger partial charge in [-0.3, -0.25) is 0 Å². The van der Waals surface area contributed by atoms with Crippen LogP contribution in [0.2, 0.25) is 0 Å². The molecule has 1 N–H and O–H groups in total. The molecule has 0 aliphatic heterocycles. The minimum atomic E-state index is 0.333. The molecule has 1 nitrogen and oxygen atoms in total. The Balaban J connectivity index is 1.68. The second kappa shape index (κ2) is 4.97. The van der Waals surface area contributed by atoms with Crippen molar-refractivity contribution in [1.82, 2.24) is 0 Å². The standard InChI is InChI=1S/C23H16O/c24-19-10-8-17-13-18-12-16(9-11-22(18)23(17)14-19)21-7-3-5-15-4-1-2-6-20(15)21/h1-12,14,24H,13H2. The Bertz CT molecular complexity index is 1090. The van der Waals surface area contributed by atoms with Crippen LogP contribution in [0.15, 0.2) is 78.9 Å². The molecule has 4 aromatic carbocycles. The molecule has 0 radical (unpaired) electrons. The first kappa shape index (κ1) is 13.4. The van der Waals surface area contributed by atoms with Gasteiger partial charge in [0.25, 0.3) is 0 Å². The number of hydrogen-bond donors (Lipinski definition) is 1. The summed E-state index contributed by atoms with van der Waals surface area (Å²) >= 11 is 0. The van der Waals surface area contributed by atoms with Crippen molar-refractivity contribution in [2.45, 2.75) is 6.42 Å². The van der Waals surface area contributed by atoms with E-state index in [-0.39, 0.29) is 0 Å². The molecule has 1 aliphatic carbocycles. The fraction of sp³-hybridized carbons (Fsp3) is 0.0435. The second-order valence-electron chi connectivity index (χ2n) is 6.42. The van der Waals surface area contributed by atoms with Gasteiger partial charge in [-0.15, -0.1) is 0 Å². The van der Waals surface area contributed by atoms with Gasteiger partial charge in [0.2, 0.25) is 0 Å². The number of phenols is 1. The third-order valence-corrected chi connectivity index (χ3v) is 4.97. The van der Waals surface area contributed by atoms with E-state index in [1.807, 2.05) is 12.1 Å². The van der Waals surface area contributed by atoms with Gasteiger partial charge in [0.15, 0.2) is 0 Å². The van der Waals surface area contributed by atoms with E-state index in [0.717, 1.165) is 12.0 Å². The molecule has 0 saturated carbocycles. The van der Waals surface area contributed by atoms with Gasteiger partial charge in [0.05, 0.1) is 0 Å². The summed E-state index contributed by atoms with van der Waals surface area (Å²) in [5, 5.41) is 12.3. The monoisotopic (exact) mass is 308 g/mol. The Hall–Kier alpha value is -3.06. The Morgan fingerprint density at radius 3 is 2.46 bits per heavy atom. The second-order valence-corrected chi connectivity index (χ2v) is 6.42. The van der Waals surface area contributed by atoms with Crippen LogP contribution in [0.4, 0.5) is 0 Å². The smallest absolute Gasteiger partial charge is 0.116 e. The van der Waals surface area contributed by atoms with E-state index in [1.165, 1.54) is 38.6 Å². The lowest BCUT2D eigenvalue weighted by Gasteiger charge is -2.09. The predicted molar refractivity (Wildman–Crippen MR) is 99.3 cm³/mol. The van der Waals surface area contributed by atoms with Crippen LogP contribution >= 0.6 is 0 Å². The van der Waals surface area contributed by atoms with Gasteiger partial charge in [-0.25, -0.2) is 0 Å². The lowest BCUT2D eigenvalue weighted by Crippen LogP contribution is -1.85. The molecule has 1 heteroatoms. The van der Waals surface area contributed by atoms with Crippen molar-refractivity contribution in [3.8, 4) is 28.0 Å². The van der Waals surface area contributed by atoms with Crippen LogP contribution in [0, 0.1) is 0 Å². The molecule has 1 aliphatic rings. The number of hydrogen-bond acceptors (Lipinski definition) is 1. The predicted octanol–water partition coefficient (Wildman–Crippen LogP) is 5.78. The highest BCUT2D eigenvalue weighted by Gasteiger charge is 2.19. The highest BCUT2D eigenvalue weighted by molar-refractivity contribution is 5.97. The summed E-state index contributed by atoms with van der Waals surface area (Å²) in [6, 6.07) is 27.4. The topological polar surface area (TPSA) is 20.2 Å². The molecule has 0 bridgehead atoms. The van der Waals surface area contributed by atoms with Gasteiger partial charge in [-0.05, 0) is 62.7 Å². The molecule has 5 rings (SSSR count). The maximum absolute atomic E-state index is 9.77. The molecule has 0 aromatic heterocycles. The van der Waals surface area contributed by atoms with Crippen LogP contribution in [0.5, 0.6) is 5.75 Å². The van der Waals surface area contributed by atoms with E-state index in [2.05, 4.69) is 60.7 Å². The third kappa shape index (κ3) is 1.95. The van der Waals surface area contributed by atoms with Crippen LogP contribution in [0.1, 0.15) is 11.1 Å². The Labute approximate surface area is 140 Å². The summed E-state index contributed by atoms with van der Waals surface area (Å²) in [6.45, 7) is 0. The lowest BCUT2D eigenvalue weighted by atomic mass is 9.95. The minimum absolute atomic E-state index is 0.333. The normalized spacial score (nSPS) is 12.2. The number of phenolic OH excluding ortho intramolecular Hbond substituents is 1. The fourth-order valence-electron chi connectivity index (χ4n) is 3.82. The molecule has 0 heterocycles. The fourth-order valence-corrected chi connectivity index (χ4v) is 3.82. The van der Waals surface area contributed by atoms with Gasteiger partial charge in [-0.2, -0.15) is 0 Å². The molecular formula is C23H16O. The SMILES string of the molecule is Oc1ccc2c(c1)-c1ccc(-c3cccc4ccccc34)cc1C2. The molecule has 0 atom stereocenters. The van der Waals surface area contributed by atoms with Crippen LogP contribution in [-0.4, -0.2) is 5.11 Å². The maximum atomic E-state index is 9.77. The molecule has 0 spiro atoms. The molecule has 114 valence electrons. The van der Waals surface area contributed by atoms with E-state index in [9.17, 15) is 5.11 Å². The average Bonchev–Trinajstić information content (AvgIpc) is 2.98. The Kier molecular flexibility index (Phi) is 2.77. The first-order chi connectivity index (χ1) is 11.8. The highest BCUT2D eigenvalue weighted by atomic mass is 16.3. The van der Waals surface area contributed by atoms with Crippen LogP contribution in [0.25, 0.3) is 33.0 Å². The Morgan fingerprint density at radius 1 is 0.625 bits per heavy atom. The van der Waals surface area contributed by atoms with E-state index in [4.69, 9.17) is 0 Å². The summed E-state index contributed by atoms with van der Waals surface area (Å²) in [7, 11) is 0. The summed E-state index contributed by atoms with van der Waals surface area (Å²) < 4.78 is 0. The van der Waals surface area contributed by atoms with Crippen molar-refractivity contribution >= 4 is 10.8 Å². The summed E-state index contributed by atoms with van der Waals surface area (Å²) in [5.41, 5.74) is 7.55. The van der Waals surface area contributed by atoms with Gasteiger partial charge >= 0.3 is 0 Å². The van der Waals surface area contributed by atoms with E-state index in [0.29, 0.717) is 5.75 Å². The lowest BCUT2D eigenvalue weighted by molar-refractivity contribution is 0.475.